The van der Waals surface area contributed by atoms with E-state index in [0.717, 1.165) is 28.8 Å². The lowest BCUT2D eigenvalue weighted by atomic mass is 10.4. The van der Waals surface area contributed by atoms with Crippen molar-refractivity contribution in [3.63, 3.8) is 0 Å². The van der Waals surface area contributed by atoms with Crippen LogP contribution >= 0.6 is 0 Å². The standard InChI is InChI=1S/C16H20N8/c1-10-9-17-11(2)15-18-13(20-24(10)15)7-8-14-19-16(21-23(14)4)22(3)12-5-6-12/h7-9,12H,5-6H2,1-4H3. The van der Waals surface area contributed by atoms with Crippen LogP contribution in [0.2, 0.25) is 0 Å². The molecule has 8 nitrogen and oxygen atoms in total. The van der Waals surface area contributed by atoms with Crippen molar-refractivity contribution in [3.05, 3.63) is 29.2 Å². The first-order chi connectivity index (χ1) is 11.5. The molecule has 0 aromatic carbocycles. The van der Waals surface area contributed by atoms with Gasteiger partial charge in [-0.2, -0.15) is 4.98 Å². The minimum Gasteiger partial charge on any atom is -0.340 e. The second-order valence-electron chi connectivity index (χ2n) is 6.26. The molecule has 0 aliphatic heterocycles. The molecular formula is C16H20N8. The number of anilines is 1. The molecule has 0 unspecified atom stereocenters. The summed E-state index contributed by atoms with van der Waals surface area (Å²) in [4.78, 5) is 15.6. The van der Waals surface area contributed by atoms with Crippen molar-refractivity contribution in [3.8, 4) is 0 Å². The Hall–Kier alpha value is -2.77. The summed E-state index contributed by atoms with van der Waals surface area (Å²) in [5.41, 5.74) is 2.59. The maximum atomic E-state index is 4.59. The molecule has 1 aliphatic rings. The number of aromatic nitrogens is 7. The van der Waals surface area contributed by atoms with Gasteiger partial charge in [-0.15, -0.1) is 10.2 Å². The van der Waals surface area contributed by atoms with Crippen LogP contribution in [-0.4, -0.2) is 47.4 Å². The highest BCUT2D eigenvalue weighted by molar-refractivity contribution is 5.65. The van der Waals surface area contributed by atoms with Crippen LogP contribution in [-0.2, 0) is 7.05 Å². The molecule has 24 heavy (non-hydrogen) atoms. The van der Waals surface area contributed by atoms with Gasteiger partial charge in [0.1, 0.15) is 0 Å². The molecule has 0 radical (unpaired) electrons. The number of aryl methyl sites for hydroxylation is 3. The molecule has 8 heteroatoms. The van der Waals surface area contributed by atoms with Crippen molar-refractivity contribution in [2.24, 2.45) is 7.05 Å². The highest BCUT2D eigenvalue weighted by Crippen LogP contribution is 2.28. The van der Waals surface area contributed by atoms with E-state index in [2.05, 4.69) is 30.0 Å². The molecule has 1 aliphatic carbocycles. The summed E-state index contributed by atoms with van der Waals surface area (Å²) in [6.07, 6.45) is 7.99. The average molecular weight is 324 g/mol. The molecule has 4 rings (SSSR count). The van der Waals surface area contributed by atoms with Crippen LogP contribution in [0.3, 0.4) is 0 Å². The van der Waals surface area contributed by atoms with Crippen molar-refractivity contribution >= 4 is 23.7 Å². The molecule has 1 fully saturated rings. The highest BCUT2D eigenvalue weighted by atomic mass is 15.4. The van der Waals surface area contributed by atoms with Gasteiger partial charge in [0.15, 0.2) is 17.3 Å². The van der Waals surface area contributed by atoms with E-state index >= 15 is 0 Å². The molecule has 0 amide bonds. The predicted octanol–water partition coefficient (Wildman–Crippen LogP) is 1.64. The van der Waals surface area contributed by atoms with Crippen LogP contribution in [0.5, 0.6) is 0 Å². The fourth-order valence-electron chi connectivity index (χ4n) is 2.63. The number of hydrogen-bond acceptors (Lipinski definition) is 6. The molecule has 3 aromatic rings. The van der Waals surface area contributed by atoms with Gasteiger partial charge in [-0.1, -0.05) is 0 Å². The lowest BCUT2D eigenvalue weighted by Crippen LogP contribution is -2.20. The lowest BCUT2D eigenvalue weighted by Gasteiger charge is -2.12. The third kappa shape index (κ3) is 2.53. The molecule has 0 spiro atoms. The first-order valence-corrected chi connectivity index (χ1v) is 8.04. The first kappa shape index (κ1) is 14.8. The van der Waals surface area contributed by atoms with Gasteiger partial charge in [0.25, 0.3) is 0 Å². The van der Waals surface area contributed by atoms with Gasteiger partial charge in [-0.25, -0.2) is 14.2 Å². The predicted molar refractivity (Wildman–Crippen MR) is 91.6 cm³/mol. The zero-order valence-electron chi connectivity index (χ0n) is 14.3. The molecule has 3 heterocycles. The van der Waals surface area contributed by atoms with Gasteiger partial charge in [0, 0.05) is 26.3 Å². The lowest BCUT2D eigenvalue weighted by molar-refractivity contribution is 0.744. The third-order valence-electron chi connectivity index (χ3n) is 4.30. The second kappa shape index (κ2) is 5.40. The monoisotopic (exact) mass is 324 g/mol. The summed E-state index contributed by atoms with van der Waals surface area (Å²) in [5.74, 6) is 2.18. The molecule has 124 valence electrons. The Balaban J connectivity index is 1.63. The second-order valence-corrected chi connectivity index (χ2v) is 6.26. The minimum atomic E-state index is 0.586. The SMILES string of the molecule is Cc1ncc(C)n2nc(C=Cc3nc(N(C)C4CC4)nn3C)nc12. The number of nitrogens with zero attached hydrogens (tertiary/aromatic N) is 8. The summed E-state index contributed by atoms with van der Waals surface area (Å²) < 4.78 is 3.59. The van der Waals surface area contributed by atoms with E-state index in [9.17, 15) is 0 Å². The maximum Gasteiger partial charge on any atom is 0.245 e. The van der Waals surface area contributed by atoms with Gasteiger partial charge in [-0.05, 0) is 38.8 Å². The Morgan fingerprint density at radius 2 is 1.96 bits per heavy atom. The van der Waals surface area contributed by atoms with Gasteiger partial charge in [0.2, 0.25) is 5.95 Å². The van der Waals surface area contributed by atoms with Gasteiger partial charge in [-0.3, -0.25) is 4.98 Å². The normalized spacial score (nSPS) is 14.8. The smallest absolute Gasteiger partial charge is 0.245 e. The summed E-state index contributed by atoms with van der Waals surface area (Å²) in [6, 6.07) is 0.586. The van der Waals surface area contributed by atoms with Crippen LogP contribution in [0.15, 0.2) is 6.20 Å². The highest BCUT2D eigenvalue weighted by Gasteiger charge is 2.28. The third-order valence-corrected chi connectivity index (χ3v) is 4.30. The zero-order chi connectivity index (χ0) is 16.8. The van der Waals surface area contributed by atoms with Gasteiger partial charge in [0.05, 0.1) is 11.4 Å². The topological polar surface area (TPSA) is 77.0 Å². The molecule has 0 bridgehead atoms. The molecule has 1 saturated carbocycles. The average Bonchev–Trinajstić information content (AvgIpc) is 3.21. The number of rotatable bonds is 4. The molecular weight excluding hydrogens is 304 g/mol. The molecule has 3 aromatic heterocycles. The quantitative estimate of drug-likeness (QED) is 0.726. The minimum absolute atomic E-state index is 0.586. The van der Waals surface area contributed by atoms with Crippen molar-refractivity contribution < 1.29 is 0 Å². The van der Waals surface area contributed by atoms with Crippen LogP contribution in [0.25, 0.3) is 17.8 Å². The van der Waals surface area contributed by atoms with Gasteiger partial charge < -0.3 is 4.90 Å². The van der Waals surface area contributed by atoms with Crippen LogP contribution in [0.1, 0.15) is 35.9 Å². The van der Waals surface area contributed by atoms with Crippen LogP contribution in [0.4, 0.5) is 5.95 Å². The fourth-order valence-corrected chi connectivity index (χ4v) is 2.63. The van der Waals surface area contributed by atoms with E-state index < -0.39 is 0 Å². The summed E-state index contributed by atoms with van der Waals surface area (Å²) in [7, 11) is 3.94. The van der Waals surface area contributed by atoms with Crippen molar-refractivity contribution in [2.75, 3.05) is 11.9 Å². The Bertz CT molecular complexity index is 892. The Morgan fingerprint density at radius 1 is 1.17 bits per heavy atom. The van der Waals surface area contributed by atoms with Crippen molar-refractivity contribution in [2.45, 2.75) is 32.7 Å². The number of fused-ring (bicyclic) bond motifs is 1. The maximum absolute atomic E-state index is 4.59. The zero-order valence-corrected chi connectivity index (χ0v) is 14.3. The van der Waals surface area contributed by atoms with E-state index in [4.69, 9.17) is 0 Å². The van der Waals surface area contributed by atoms with Crippen molar-refractivity contribution in [1.29, 1.82) is 0 Å². The van der Waals surface area contributed by atoms with E-state index in [0.29, 0.717) is 11.9 Å². The van der Waals surface area contributed by atoms with E-state index in [-0.39, 0.29) is 0 Å². The largest absolute Gasteiger partial charge is 0.340 e. The van der Waals surface area contributed by atoms with Gasteiger partial charge >= 0.3 is 0 Å². The van der Waals surface area contributed by atoms with Crippen LogP contribution < -0.4 is 4.90 Å². The van der Waals surface area contributed by atoms with Crippen molar-refractivity contribution in [1.82, 2.24) is 34.3 Å². The summed E-state index contributed by atoms with van der Waals surface area (Å²) >= 11 is 0. The Morgan fingerprint density at radius 3 is 2.67 bits per heavy atom. The van der Waals surface area contributed by atoms with E-state index in [1.165, 1.54) is 12.8 Å². The fraction of sp³-hybridized carbons (Fsp3) is 0.438. The first-order valence-electron chi connectivity index (χ1n) is 8.04. The number of hydrogen-bond donors (Lipinski definition) is 0. The van der Waals surface area contributed by atoms with E-state index in [1.54, 1.807) is 10.9 Å². The molecule has 0 atom stereocenters. The molecule has 0 saturated heterocycles. The van der Waals surface area contributed by atoms with Crippen LogP contribution in [0, 0.1) is 13.8 Å². The molecule has 0 N–H and O–H groups in total. The summed E-state index contributed by atoms with van der Waals surface area (Å²) in [5, 5.41) is 8.99. The van der Waals surface area contributed by atoms with E-state index in [1.807, 2.05) is 44.6 Å². The Kier molecular flexibility index (Phi) is 3.33. The summed E-state index contributed by atoms with van der Waals surface area (Å²) in [6.45, 7) is 3.89. The Labute approximate surface area is 139 Å².